The van der Waals surface area contributed by atoms with Gasteiger partial charge < -0.3 is 9.97 Å². The number of rotatable bonds is 1. The van der Waals surface area contributed by atoms with Gasteiger partial charge in [0.1, 0.15) is 5.82 Å². The zero-order valence-corrected chi connectivity index (χ0v) is 9.95. The number of nitrogens with one attached hydrogen (secondary N) is 2. The molecule has 0 saturated heterocycles. The molecule has 0 bridgehead atoms. The molecule has 0 aliphatic rings. The van der Waals surface area contributed by atoms with E-state index in [4.69, 9.17) is 0 Å². The standard InChI is InChI=1S/C13H8F3N3O/c14-13(15,16)8-1-2-9-10(6-8)19-12(18-9)7-3-4-17-11(20)5-7/h1-6H,(H,17,20)(H,18,19). The minimum absolute atomic E-state index is 0.273. The molecule has 2 aromatic heterocycles. The lowest BCUT2D eigenvalue weighted by Gasteiger charge is -2.05. The van der Waals surface area contributed by atoms with Gasteiger partial charge in [0.15, 0.2) is 0 Å². The number of nitrogens with zero attached hydrogens (tertiary/aromatic N) is 1. The van der Waals surface area contributed by atoms with Crippen molar-refractivity contribution in [2.24, 2.45) is 0 Å². The average molecular weight is 279 g/mol. The fourth-order valence-corrected chi connectivity index (χ4v) is 1.91. The Balaban J connectivity index is 2.14. The Morgan fingerprint density at radius 1 is 1.10 bits per heavy atom. The monoisotopic (exact) mass is 279 g/mol. The number of pyridine rings is 1. The van der Waals surface area contributed by atoms with E-state index in [1.165, 1.54) is 18.3 Å². The van der Waals surface area contributed by atoms with E-state index in [9.17, 15) is 18.0 Å². The largest absolute Gasteiger partial charge is 0.416 e. The summed E-state index contributed by atoms with van der Waals surface area (Å²) in [6, 6.07) is 6.21. The van der Waals surface area contributed by atoms with Gasteiger partial charge in [-0.15, -0.1) is 0 Å². The Morgan fingerprint density at radius 2 is 1.90 bits per heavy atom. The number of hydrogen-bond acceptors (Lipinski definition) is 2. The summed E-state index contributed by atoms with van der Waals surface area (Å²) in [6.07, 6.45) is -2.95. The van der Waals surface area contributed by atoms with Gasteiger partial charge in [-0.25, -0.2) is 4.98 Å². The first-order valence-electron chi connectivity index (χ1n) is 5.69. The van der Waals surface area contributed by atoms with Crippen LogP contribution in [0.5, 0.6) is 0 Å². The van der Waals surface area contributed by atoms with Gasteiger partial charge in [-0.3, -0.25) is 4.79 Å². The third-order valence-corrected chi connectivity index (χ3v) is 2.86. The van der Waals surface area contributed by atoms with Gasteiger partial charge in [0.2, 0.25) is 5.56 Å². The molecule has 0 unspecified atom stereocenters. The first kappa shape index (κ1) is 12.5. The minimum atomic E-state index is -4.40. The van der Waals surface area contributed by atoms with Crippen molar-refractivity contribution in [2.75, 3.05) is 0 Å². The number of alkyl halides is 3. The highest BCUT2D eigenvalue weighted by Gasteiger charge is 2.30. The maximum Gasteiger partial charge on any atom is 0.416 e. The second-order valence-electron chi connectivity index (χ2n) is 4.26. The van der Waals surface area contributed by atoms with Gasteiger partial charge in [-0.1, -0.05) is 0 Å². The van der Waals surface area contributed by atoms with Crippen LogP contribution in [0.2, 0.25) is 0 Å². The smallest absolute Gasteiger partial charge is 0.338 e. The van der Waals surface area contributed by atoms with E-state index in [2.05, 4.69) is 15.0 Å². The summed E-state index contributed by atoms with van der Waals surface area (Å²) in [4.78, 5) is 20.6. The highest BCUT2D eigenvalue weighted by Crippen LogP contribution is 2.31. The molecule has 0 atom stereocenters. The third kappa shape index (κ3) is 2.18. The summed E-state index contributed by atoms with van der Waals surface area (Å²) < 4.78 is 37.9. The predicted molar refractivity (Wildman–Crippen MR) is 67.2 cm³/mol. The van der Waals surface area contributed by atoms with Gasteiger partial charge in [0.25, 0.3) is 0 Å². The van der Waals surface area contributed by atoms with Gasteiger partial charge in [0.05, 0.1) is 16.6 Å². The summed E-state index contributed by atoms with van der Waals surface area (Å²) in [5.41, 5.74) is 0.145. The van der Waals surface area contributed by atoms with E-state index in [1.807, 2.05) is 0 Å². The van der Waals surface area contributed by atoms with Crippen LogP contribution in [-0.2, 0) is 6.18 Å². The van der Waals surface area contributed by atoms with Crippen LogP contribution in [0.3, 0.4) is 0 Å². The summed E-state index contributed by atoms with van der Waals surface area (Å²) in [5.74, 6) is 0.352. The lowest BCUT2D eigenvalue weighted by Crippen LogP contribution is -2.04. The van der Waals surface area contributed by atoms with Crippen LogP contribution in [0.15, 0.2) is 41.3 Å². The molecule has 2 N–H and O–H groups in total. The first-order valence-corrected chi connectivity index (χ1v) is 5.69. The van der Waals surface area contributed by atoms with Crippen LogP contribution >= 0.6 is 0 Å². The lowest BCUT2D eigenvalue weighted by molar-refractivity contribution is -0.137. The zero-order valence-electron chi connectivity index (χ0n) is 9.95. The summed E-state index contributed by atoms with van der Waals surface area (Å²) >= 11 is 0. The topological polar surface area (TPSA) is 61.5 Å². The molecule has 0 aliphatic heterocycles. The molecular formula is C13H8F3N3O. The first-order chi connectivity index (χ1) is 9.43. The fourth-order valence-electron chi connectivity index (χ4n) is 1.91. The predicted octanol–water partition coefficient (Wildman–Crippen LogP) is 2.94. The van der Waals surface area contributed by atoms with Crippen LogP contribution < -0.4 is 5.56 Å². The Labute approximate surface area is 110 Å². The maximum absolute atomic E-state index is 12.6. The van der Waals surface area contributed by atoms with Crippen molar-refractivity contribution < 1.29 is 13.2 Å². The SMILES string of the molecule is O=c1cc(-c2nc3ccc(C(F)(F)F)cc3[nH]2)cc[nH]1. The molecule has 7 heteroatoms. The second-order valence-corrected chi connectivity index (χ2v) is 4.26. The van der Waals surface area contributed by atoms with Crippen molar-refractivity contribution in [1.82, 2.24) is 15.0 Å². The molecule has 0 saturated carbocycles. The van der Waals surface area contributed by atoms with E-state index in [0.29, 0.717) is 16.9 Å². The van der Waals surface area contributed by atoms with Crippen LogP contribution in [-0.4, -0.2) is 15.0 Å². The number of hydrogen-bond donors (Lipinski definition) is 2. The molecule has 0 fully saturated rings. The normalized spacial score (nSPS) is 11.9. The van der Waals surface area contributed by atoms with E-state index >= 15 is 0 Å². The maximum atomic E-state index is 12.6. The molecule has 3 rings (SSSR count). The zero-order chi connectivity index (χ0) is 14.3. The van der Waals surface area contributed by atoms with Crippen molar-refractivity contribution in [3.63, 3.8) is 0 Å². The van der Waals surface area contributed by atoms with E-state index in [0.717, 1.165) is 12.1 Å². The van der Waals surface area contributed by atoms with Crippen LogP contribution in [0.1, 0.15) is 5.56 Å². The molecular weight excluding hydrogens is 271 g/mol. The Hall–Kier alpha value is -2.57. The number of benzene rings is 1. The quantitative estimate of drug-likeness (QED) is 0.719. The molecule has 4 nitrogen and oxygen atoms in total. The molecule has 0 aliphatic carbocycles. The number of halogens is 3. The Kier molecular flexibility index (Phi) is 2.63. The molecule has 0 spiro atoms. The highest BCUT2D eigenvalue weighted by atomic mass is 19.4. The average Bonchev–Trinajstić information content (AvgIpc) is 2.80. The number of H-pyrrole nitrogens is 2. The van der Waals surface area contributed by atoms with Crippen molar-refractivity contribution >= 4 is 11.0 Å². The van der Waals surface area contributed by atoms with E-state index < -0.39 is 11.7 Å². The van der Waals surface area contributed by atoms with Gasteiger partial charge in [0, 0.05) is 17.8 Å². The highest BCUT2D eigenvalue weighted by molar-refractivity contribution is 5.80. The second kappa shape index (κ2) is 4.22. The molecule has 102 valence electrons. The van der Waals surface area contributed by atoms with Crippen molar-refractivity contribution in [3.05, 3.63) is 52.4 Å². The molecule has 2 heterocycles. The molecule has 20 heavy (non-hydrogen) atoms. The fraction of sp³-hybridized carbons (Fsp3) is 0.0769. The molecule has 1 aromatic carbocycles. The van der Waals surface area contributed by atoms with Crippen LogP contribution in [0, 0.1) is 0 Å². The van der Waals surface area contributed by atoms with Crippen molar-refractivity contribution in [1.29, 1.82) is 0 Å². The Bertz CT molecular complexity index is 832. The van der Waals surface area contributed by atoms with Crippen molar-refractivity contribution in [3.8, 4) is 11.4 Å². The van der Waals surface area contributed by atoms with Gasteiger partial charge in [-0.05, 0) is 24.3 Å². The minimum Gasteiger partial charge on any atom is -0.338 e. The van der Waals surface area contributed by atoms with E-state index in [1.54, 1.807) is 6.07 Å². The number of imidazole rings is 1. The number of aromatic nitrogens is 3. The molecule has 0 radical (unpaired) electrons. The molecule has 0 amide bonds. The number of fused-ring (bicyclic) bond motifs is 1. The van der Waals surface area contributed by atoms with Gasteiger partial charge in [-0.2, -0.15) is 13.2 Å². The summed E-state index contributed by atoms with van der Waals surface area (Å²) in [5, 5.41) is 0. The summed E-state index contributed by atoms with van der Waals surface area (Å²) in [6.45, 7) is 0. The third-order valence-electron chi connectivity index (χ3n) is 2.86. The van der Waals surface area contributed by atoms with Crippen LogP contribution in [0.25, 0.3) is 22.4 Å². The van der Waals surface area contributed by atoms with Crippen molar-refractivity contribution in [2.45, 2.75) is 6.18 Å². The van der Waals surface area contributed by atoms with Gasteiger partial charge >= 0.3 is 6.18 Å². The Morgan fingerprint density at radius 3 is 2.60 bits per heavy atom. The van der Waals surface area contributed by atoms with E-state index in [-0.39, 0.29) is 11.1 Å². The lowest BCUT2D eigenvalue weighted by atomic mass is 10.2. The molecule has 3 aromatic rings. The number of aromatic amines is 2. The van der Waals surface area contributed by atoms with Crippen LogP contribution in [0.4, 0.5) is 13.2 Å². The summed E-state index contributed by atoms with van der Waals surface area (Å²) in [7, 11) is 0.